The molecule has 2 nitrogen and oxygen atoms in total. The third kappa shape index (κ3) is 1.69. The average molecular weight is 271 g/mol. The Balaban J connectivity index is 2.18. The summed E-state index contributed by atoms with van der Waals surface area (Å²) < 4.78 is 6.35. The Morgan fingerprint density at radius 2 is 1.94 bits per heavy atom. The molecule has 0 unspecified atom stereocenters. The first-order valence-corrected chi connectivity index (χ1v) is 7.07. The van der Waals surface area contributed by atoms with Crippen LogP contribution in [-0.2, 0) is 0 Å². The maximum Gasteiger partial charge on any atom is 0.118 e. The molecule has 0 radical (unpaired) electrons. The highest BCUT2D eigenvalue weighted by Gasteiger charge is 2.14. The molecule has 1 aromatic carbocycles. The van der Waals surface area contributed by atoms with Gasteiger partial charge < -0.3 is 4.74 Å². The summed E-state index contributed by atoms with van der Waals surface area (Å²) in [4.78, 5) is 1.04. The van der Waals surface area contributed by atoms with Crippen molar-refractivity contribution in [1.82, 2.24) is 0 Å². The third-order valence-electron chi connectivity index (χ3n) is 2.78. The molecule has 0 aliphatic heterocycles. The van der Waals surface area contributed by atoms with Crippen LogP contribution in [0.2, 0.25) is 0 Å². The van der Waals surface area contributed by atoms with Crippen molar-refractivity contribution in [2.24, 2.45) is 0 Å². The van der Waals surface area contributed by atoms with E-state index in [9.17, 15) is 5.26 Å². The highest BCUT2D eigenvalue weighted by Crippen LogP contribution is 2.41. The number of benzene rings is 1. The van der Waals surface area contributed by atoms with Gasteiger partial charge in [0, 0.05) is 5.39 Å². The fourth-order valence-corrected chi connectivity index (χ4v) is 4.09. The highest BCUT2D eigenvalue weighted by molar-refractivity contribution is 7.39. The van der Waals surface area contributed by atoms with E-state index in [1.807, 2.05) is 35.7 Å². The summed E-state index contributed by atoms with van der Waals surface area (Å²) in [5.74, 6) is 0.829. The van der Waals surface area contributed by atoms with Gasteiger partial charge in [-0.05, 0) is 41.3 Å². The zero-order chi connectivity index (χ0) is 12.5. The fraction of sp³-hybridized carbons (Fsp3) is 0.0714. The minimum Gasteiger partial charge on any atom is -0.497 e. The topological polar surface area (TPSA) is 33.0 Å². The quantitative estimate of drug-likeness (QED) is 0.687. The molecule has 0 aliphatic rings. The molecule has 0 saturated carbocycles. The molecule has 0 N–H and O–H groups in total. The van der Waals surface area contributed by atoms with E-state index in [1.54, 1.807) is 29.8 Å². The van der Waals surface area contributed by atoms with Crippen LogP contribution in [0.5, 0.6) is 5.75 Å². The van der Waals surface area contributed by atoms with E-state index in [4.69, 9.17) is 4.74 Å². The van der Waals surface area contributed by atoms with Crippen molar-refractivity contribution in [3.05, 3.63) is 41.3 Å². The first kappa shape index (κ1) is 11.3. The molecule has 4 heteroatoms. The van der Waals surface area contributed by atoms with Gasteiger partial charge in [-0.3, -0.25) is 0 Å². The van der Waals surface area contributed by atoms with Crippen LogP contribution in [0.1, 0.15) is 5.56 Å². The molecule has 2 heterocycles. The summed E-state index contributed by atoms with van der Waals surface area (Å²) in [5.41, 5.74) is 1.85. The summed E-state index contributed by atoms with van der Waals surface area (Å²) in [6, 6.07) is 12.2. The van der Waals surface area contributed by atoms with E-state index < -0.39 is 0 Å². The van der Waals surface area contributed by atoms with E-state index in [-0.39, 0.29) is 0 Å². The fourth-order valence-electron chi connectivity index (χ4n) is 1.88. The van der Waals surface area contributed by atoms with Crippen LogP contribution in [0.3, 0.4) is 0 Å². The van der Waals surface area contributed by atoms with Gasteiger partial charge in [0.15, 0.2) is 0 Å². The molecule has 0 fully saturated rings. The number of thiophene rings is 2. The van der Waals surface area contributed by atoms with Crippen LogP contribution in [0.25, 0.3) is 19.8 Å². The number of nitriles is 1. The Bertz CT molecular complexity index is 731. The summed E-state index contributed by atoms with van der Waals surface area (Å²) in [7, 11) is 1.65. The van der Waals surface area contributed by atoms with Gasteiger partial charge in [0.25, 0.3) is 0 Å². The molecule has 3 rings (SSSR count). The summed E-state index contributed by atoms with van der Waals surface area (Å²) in [5, 5.41) is 12.4. The van der Waals surface area contributed by atoms with Gasteiger partial charge in [-0.15, -0.1) is 22.7 Å². The molecule has 0 amide bonds. The molecule has 0 spiro atoms. The number of fused-ring (bicyclic) bond motifs is 1. The first-order chi connectivity index (χ1) is 8.83. The Hall–Kier alpha value is -1.83. The number of hydrogen-bond acceptors (Lipinski definition) is 4. The number of nitrogens with zero attached hydrogens (tertiary/aromatic N) is 1. The predicted octanol–water partition coefficient (Wildman–Crippen LogP) is 4.51. The number of rotatable bonds is 2. The smallest absolute Gasteiger partial charge is 0.118 e. The maximum atomic E-state index is 9.32. The normalized spacial score (nSPS) is 10.4. The third-order valence-corrected chi connectivity index (χ3v) is 5.08. The average Bonchev–Trinajstić information content (AvgIpc) is 2.98. The van der Waals surface area contributed by atoms with Crippen LogP contribution in [0, 0.1) is 11.3 Å². The Kier molecular flexibility index (Phi) is 2.78. The summed E-state index contributed by atoms with van der Waals surface area (Å²) in [6.45, 7) is 0. The summed E-state index contributed by atoms with van der Waals surface area (Å²) in [6.07, 6.45) is 0. The van der Waals surface area contributed by atoms with Gasteiger partial charge in [0.05, 0.1) is 21.6 Å². The van der Waals surface area contributed by atoms with Crippen LogP contribution in [0.15, 0.2) is 35.7 Å². The zero-order valence-electron chi connectivity index (χ0n) is 9.64. The Morgan fingerprint density at radius 3 is 2.61 bits per heavy atom. The van der Waals surface area contributed by atoms with Crippen molar-refractivity contribution in [2.75, 3.05) is 7.11 Å². The van der Waals surface area contributed by atoms with E-state index in [0.29, 0.717) is 0 Å². The molecule has 0 bridgehead atoms. The lowest BCUT2D eigenvalue weighted by Gasteiger charge is -2.01. The van der Waals surface area contributed by atoms with Crippen molar-refractivity contribution in [2.45, 2.75) is 0 Å². The minimum atomic E-state index is 0.779. The van der Waals surface area contributed by atoms with Crippen molar-refractivity contribution in [3.8, 4) is 22.3 Å². The van der Waals surface area contributed by atoms with Crippen molar-refractivity contribution < 1.29 is 4.74 Å². The number of hydrogen-bond donors (Lipinski definition) is 0. The van der Waals surface area contributed by atoms with Crippen LogP contribution >= 0.6 is 22.7 Å². The van der Waals surface area contributed by atoms with Gasteiger partial charge in [0.1, 0.15) is 11.8 Å². The second-order valence-electron chi connectivity index (χ2n) is 3.77. The summed E-state index contributed by atoms with van der Waals surface area (Å²) >= 11 is 3.36. The van der Waals surface area contributed by atoms with E-state index >= 15 is 0 Å². The monoisotopic (exact) mass is 271 g/mol. The molecular weight excluding hydrogens is 262 g/mol. The second-order valence-corrected chi connectivity index (χ2v) is 5.96. The lowest BCUT2D eigenvalue weighted by atomic mass is 10.1. The van der Waals surface area contributed by atoms with Gasteiger partial charge in [-0.2, -0.15) is 5.26 Å². The van der Waals surface area contributed by atoms with Gasteiger partial charge >= 0.3 is 0 Å². The number of methoxy groups -OCH3 is 1. The van der Waals surface area contributed by atoms with Crippen molar-refractivity contribution in [3.63, 3.8) is 0 Å². The highest BCUT2D eigenvalue weighted by atomic mass is 32.2. The molecule has 18 heavy (non-hydrogen) atoms. The molecule has 2 aromatic heterocycles. The minimum absolute atomic E-state index is 0.779. The number of ether oxygens (including phenoxy) is 1. The molecule has 0 saturated heterocycles. The Morgan fingerprint density at radius 1 is 1.17 bits per heavy atom. The van der Waals surface area contributed by atoms with Crippen LogP contribution < -0.4 is 4.74 Å². The van der Waals surface area contributed by atoms with E-state index in [0.717, 1.165) is 27.1 Å². The zero-order valence-corrected chi connectivity index (χ0v) is 11.3. The lowest BCUT2D eigenvalue weighted by molar-refractivity contribution is 0.415. The van der Waals surface area contributed by atoms with Gasteiger partial charge in [-0.1, -0.05) is 0 Å². The van der Waals surface area contributed by atoms with Crippen LogP contribution in [-0.4, -0.2) is 7.11 Å². The lowest BCUT2D eigenvalue weighted by Crippen LogP contribution is -1.82. The predicted molar refractivity (Wildman–Crippen MR) is 76.4 cm³/mol. The van der Waals surface area contributed by atoms with E-state index in [2.05, 4.69) is 6.07 Å². The van der Waals surface area contributed by atoms with Crippen molar-refractivity contribution >= 4 is 32.1 Å². The molecular formula is C14H9NOS2. The SMILES string of the molecule is COc1ccc(-c2sc3sccc3c2C#N)cc1. The van der Waals surface area contributed by atoms with Gasteiger partial charge in [0.2, 0.25) is 0 Å². The molecule has 88 valence electrons. The Labute approximate surface area is 113 Å². The molecule has 0 aliphatic carbocycles. The van der Waals surface area contributed by atoms with Crippen molar-refractivity contribution in [1.29, 1.82) is 5.26 Å². The largest absolute Gasteiger partial charge is 0.497 e. The van der Waals surface area contributed by atoms with Gasteiger partial charge in [-0.25, -0.2) is 0 Å². The molecule has 0 atom stereocenters. The first-order valence-electron chi connectivity index (χ1n) is 5.38. The van der Waals surface area contributed by atoms with E-state index in [1.165, 1.54) is 4.01 Å². The maximum absolute atomic E-state index is 9.32. The second kappa shape index (κ2) is 4.45. The van der Waals surface area contributed by atoms with Crippen LogP contribution in [0.4, 0.5) is 0 Å². The standard InChI is InChI=1S/C14H9NOS2/c1-16-10-4-2-9(3-5-10)13-12(8-15)11-6-7-17-14(11)18-13/h2-7H,1H3. The molecule has 3 aromatic rings.